The van der Waals surface area contributed by atoms with Gasteiger partial charge < -0.3 is 25.0 Å². The molecule has 1 fully saturated rings. The van der Waals surface area contributed by atoms with Gasteiger partial charge in [0.15, 0.2) is 5.96 Å². The highest BCUT2D eigenvalue weighted by Gasteiger charge is 2.15. The predicted octanol–water partition coefficient (Wildman–Crippen LogP) is 1.31. The van der Waals surface area contributed by atoms with Crippen LogP contribution in [0.3, 0.4) is 0 Å². The lowest BCUT2D eigenvalue weighted by molar-refractivity contribution is 0.0424. The number of nitrogens with one attached hydrogen (secondary N) is 2. The lowest BCUT2D eigenvalue weighted by atomic mass is 10.3. The average molecular weight is 428 g/mol. The van der Waals surface area contributed by atoms with Crippen LogP contribution in [0, 0.1) is 0 Å². The molecule has 0 bridgehead atoms. The summed E-state index contributed by atoms with van der Waals surface area (Å²) in [6, 6.07) is 0. The Kier molecular flexibility index (Phi) is 14.4. The molecule has 1 atom stereocenters. The zero-order chi connectivity index (χ0) is 15.3. The minimum atomic E-state index is 0. The number of nitrogens with zero attached hydrogens (tertiary/aromatic N) is 2. The van der Waals surface area contributed by atoms with Gasteiger partial charge >= 0.3 is 0 Å². The van der Waals surface area contributed by atoms with Gasteiger partial charge in [-0.05, 0) is 46.8 Å². The predicted molar refractivity (Wildman–Crippen MR) is 102 cm³/mol. The molecule has 0 aromatic heterocycles. The molecule has 0 aromatic rings. The molecule has 0 radical (unpaired) electrons. The lowest BCUT2D eigenvalue weighted by Gasteiger charge is -2.13. The Bertz CT molecular complexity index is 285. The molecule has 1 unspecified atom stereocenters. The Hall–Kier alpha value is -0.120. The number of hydrogen-bond donors (Lipinski definition) is 2. The van der Waals surface area contributed by atoms with Crippen molar-refractivity contribution in [2.75, 3.05) is 60.1 Å². The highest BCUT2D eigenvalue weighted by atomic mass is 127. The number of ether oxygens (including phenoxy) is 2. The molecule has 6 nitrogen and oxygen atoms in total. The highest BCUT2D eigenvalue weighted by molar-refractivity contribution is 14.0. The van der Waals surface area contributed by atoms with Crippen molar-refractivity contribution in [1.29, 1.82) is 0 Å². The first-order chi connectivity index (χ1) is 10.2. The van der Waals surface area contributed by atoms with Gasteiger partial charge in [0.25, 0.3) is 0 Å². The Morgan fingerprint density at radius 2 is 2.14 bits per heavy atom. The Morgan fingerprint density at radius 3 is 2.77 bits per heavy atom. The van der Waals surface area contributed by atoms with Gasteiger partial charge in [-0.1, -0.05) is 0 Å². The van der Waals surface area contributed by atoms with Crippen LogP contribution in [0.4, 0.5) is 0 Å². The number of rotatable bonds is 10. The number of hydrogen-bond acceptors (Lipinski definition) is 4. The molecule has 1 aliphatic heterocycles. The van der Waals surface area contributed by atoms with Crippen molar-refractivity contribution < 1.29 is 9.47 Å². The van der Waals surface area contributed by atoms with Crippen LogP contribution in [0.1, 0.15) is 26.2 Å². The molecule has 0 aromatic carbocycles. The molecule has 1 aliphatic rings. The van der Waals surface area contributed by atoms with Crippen LogP contribution in [0.25, 0.3) is 0 Å². The average Bonchev–Trinajstić information content (AvgIpc) is 2.96. The topological polar surface area (TPSA) is 58.1 Å². The first-order valence-electron chi connectivity index (χ1n) is 8.08. The van der Waals surface area contributed by atoms with E-state index in [-0.39, 0.29) is 24.0 Å². The Morgan fingerprint density at radius 1 is 1.32 bits per heavy atom. The van der Waals surface area contributed by atoms with Crippen LogP contribution in [0.15, 0.2) is 4.99 Å². The standard InChI is InChI=1S/C15H32N4O2.HI/c1-4-16-15(17-8-5-10-19(2)3)18-9-6-11-21-14-7-12-20-13-14;/h14H,4-13H2,1-3H3,(H2,16,17,18);1H. The van der Waals surface area contributed by atoms with Crippen LogP contribution >= 0.6 is 24.0 Å². The van der Waals surface area contributed by atoms with Crippen molar-refractivity contribution in [2.24, 2.45) is 4.99 Å². The van der Waals surface area contributed by atoms with E-state index < -0.39 is 0 Å². The van der Waals surface area contributed by atoms with Crippen LogP contribution in [-0.4, -0.2) is 77.1 Å². The molecule has 1 heterocycles. The van der Waals surface area contributed by atoms with Crippen molar-refractivity contribution in [1.82, 2.24) is 15.5 Å². The van der Waals surface area contributed by atoms with Crippen molar-refractivity contribution >= 4 is 29.9 Å². The van der Waals surface area contributed by atoms with Crippen molar-refractivity contribution in [3.8, 4) is 0 Å². The Balaban J connectivity index is 0.00000441. The number of aliphatic imine (C=N–C) groups is 1. The summed E-state index contributed by atoms with van der Waals surface area (Å²) in [5.74, 6) is 0.903. The van der Waals surface area contributed by atoms with E-state index >= 15 is 0 Å². The number of guanidine groups is 1. The molecule has 132 valence electrons. The van der Waals surface area contributed by atoms with Gasteiger partial charge in [-0.25, -0.2) is 0 Å². The molecule has 1 saturated heterocycles. The maximum atomic E-state index is 5.73. The van der Waals surface area contributed by atoms with Crippen molar-refractivity contribution in [3.05, 3.63) is 0 Å². The maximum absolute atomic E-state index is 5.73. The SMILES string of the molecule is CCNC(=NCCCOC1CCOC1)NCCCN(C)C.I. The quantitative estimate of drug-likeness (QED) is 0.238. The van der Waals surface area contributed by atoms with E-state index in [1.54, 1.807) is 0 Å². The third-order valence-electron chi connectivity index (χ3n) is 3.23. The first kappa shape index (κ1) is 21.9. The molecule has 0 spiro atoms. The molecular formula is C15H33IN4O2. The van der Waals surface area contributed by atoms with Gasteiger partial charge in [0.05, 0.1) is 12.7 Å². The fraction of sp³-hybridized carbons (Fsp3) is 0.933. The highest BCUT2D eigenvalue weighted by Crippen LogP contribution is 2.07. The van der Waals surface area contributed by atoms with E-state index in [1.807, 2.05) is 0 Å². The van der Waals surface area contributed by atoms with E-state index in [0.717, 1.165) is 71.2 Å². The number of halogens is 1. The summed E-state index contributed by atoms with van der Waals surface area (Å²) in [5, 5.41) is 6.63. The normalized spacial score (nSPS) is 18.4. The summed E-state index contributed by atoms with van der Waals surface area (Å²) in [6.45, 7) is 8.14. The summed E-state index contributed by atoms with van der Waals surface area (Å²) in [7, 11) is 4.18. The molecule has 0 aliphatic carbocycles. The second kappa shape index (κ2) is 14.5. The summed E-state index contributed by atoms with van der Waals surface area (Å²) in [6.07, 6.45) is 3.39. The molecule has 2 N–H and O–H groups in total. The third-order valence-corrected chi connectivity index (χ3v) is 3.23. The van der Waals surface area contributed by atoms with Crippen LogP contribution in [0.5, 0.6) is 0 Å². The van der Waals surface area contributed by atoms with Gasteiger partial charge in [0.2, 0.25) is 0 Å². The third kappa shape index (κ3) is 11.4. The van der Waals surface area contributed by atoms with E-state index in [0.29, 0.717) is 6.10 Å². The van der Waals surface area contributed by atoms with Crippen molar-refractivity contribution in [2.45, 2.75) is 32.3 Å². The summed E-state index contributed by atoms with van der Waals surface area (Å²) < 4.78 is 11.0. The molecule has 0 amide bonds. The van der Waals surface area contributed by atoms with Gasteiger partial charge in [0, 0.05) is 32.8 Å². The van der Waals surface area contributed by atoms with Gasteiger partial charge in [-0.2, -0.15) is 0 Å². The van der Waals surface area contributed by atoms with Gasteiger partial charge in [0.1, 0.15) is 0 Å². The first-order valence-corrected chi connectivity index (χ1v) is 8.08. The lowest BCUT2D eigenvalue weighted by Crippen LogP contribution is -2.38. The molecular weight excluding hydrogens is 395 g/mol. The smallest absolute Gasteiger partial charge is 0.191 e. The van der Waals surface area contributed by atoms with Crippen LogP contribution in [-0.2, 0) is 9.47 Å². The fourth-order valence-electron chi connectivity index (χ4n) is 2.09. The molecule has 1 rings (SSSR count). The second-order valence-corrected chi connectivity index (χ2v) is 5.55. The van der Waals surface area contributed by atoms with Gasteiger partial charge in [-0.3, -0.25) is 4.99 Å². The minimum Gasteiger partial charge on any atom is -0.379 e. The van der Waals surface area contributed by atoms with E-state index in [1.165, 1.54) is 0 Å². The van der Waals surface area contributed by atoms with E-state index in [9.17, 15) is 0 Å². The minimum absolute atomic E-state index is 0. The fourth-order valence-corrected chi connectivity index (χ4v) is 2.09. The molecule has 7 heteroatoms. The maximum Gasteiger partial charge on any atom is 0.191 e. The zero-order valence-corrected chi connectivity index (χ0v) is 16.6. The Labute approximate surface area is 152 Å². The van der Waals surface area contributed by atoms with Crippen molar-refractivity contribution in [3.63, 3.8) is 0 Å². The molecule has 0 saturated carbocycles. The largest absolute Gasteiger partial charge is 0.379 e. The zero-order valence-electron chi connectivity index (χ0n) is 14.3. The van der Waals surface area contributed by atoms with Gasteiger partial charge in [-0.15, -0.1) is 24.0 Å². The van der Waals surface area contributed by atoms with E-state index in [4.69, 9.17) is 9.47 Å². The summed E-state index contributed by atoms with van der Waals surface area (Å²) in [4.78, 5) is 6.75. The summed E-state index contributed by atoms with van der Waals surface area (Å²) in [5.41, 5.74) is 0. The summed E-state index contributed by atoms with van der Waals surface area (Å²) >= 11 is 0. The molecule has 22 heavy (non-hydrogen) atoms. The van der Waals surface area contributed by atoms with Crippen LogP contribution in [0.2, 0.25) is 0 Å². The monoisotopic (exact) mass is 428 g/mol. The van der Waals surface area contributed by atoms with E-state index in [2.05, 4.69) is 41.5 Å². The van der Waals surface area contributed by atoms with Crippen LogP contribution < -0.4 is 10.6 Å². The second-order valence-electron chi connectivity index (χ2n) is 5.55.